The van der Waals surface area contributed by atoms with E-state index in [4.69, 9.17) is 0 Å². The average Bonchev–Trinajstić information content (AvgIpc) is 2.69. The number of carbonyl (C=O) groups is 1. The molecule has 1 heterocycles. The first-order valence-electron chi connectivity index (χ1n) is 9.10. The third-order valence-corrected chi connectivity index (χ3v) is 4.95. The minimum atomic E-state index is -0.784. The van der Waals surface area contributed by atoms with Crippen molar-refractivity contribution in [2.24, 2.45) is 0 Å². The summed E-state index contributed by atoms with van der Waals surface area (Å²) in [5, 5.41) is 15.1. The van der Waals surface area contributed by atoms with Crippen molar-refractivity contribution in [3.05, 3.63) is 78.4 Å². The Labute approximate surface area is 169 Å². The van der Waals surface area contributed by atoms with Crippen molar-refractivity contribution < 1.29 is 27.3 Å². The Morgan fingerprint density at radius 2 is 1.46 bits per heavy atom. The first kappa shape index (κ1) is 19.6. The van der Waals surface area contributed by atoms with Crippen LogP contribution in [0.25, 0.3) is 21.8 Å². The number of aromatic amines is 1. The van der Waals surface area contributed by atoms with Crippen molar-refractivity contribution >= 4 is 39.1 Å². The zero-order valence-corrected chi connectivity index (χ0v) is 16.2. The SMILES string of the molecule is CCC(C(=O)O)c1ccc(Nc2c3ccccc3[nH+]c3ccccc23)cc1.[Cl-]. The topological polar surface area (TPSA) is 63.5 Å². The number of para-hydroxylation sites is 2. The van der Waals surface area contributed by atoms with Gasteiger partial charge in [-0.1, -0.05) is 43.3 Å². The molecule has 142 valence electrons. The predicted molar refractivity (Wildman–Crippen MR) is 108 cm³/mol. The van der Waals surface area contributed by atoms with Gasteiger partial charge in [0, 0.05) is 17.8 Å². The molecular weight excluding hydrogens is 372 g/mol. The van der Waals surface area contributed by atoms with Crippen LogP contribution in [0.1, 0.15) is 24.8 Å². The lowest BCUT2D eigenvalue weighted by molar-refractivity contribution is -0.310. The number of hydrogen-bond acceptors (Lipinski definition) is 2. The molecule has 0 fully saturated rings. The van der Waals surface area contributed by atoms with E-state index in [1.165, 1.54) is 0 Å². The van der Waals surface area contributed by atoms with Crippen LogP contribution < -0.4 is 22.7 Å². The number of halogens is 1. The van der Waals surface area contributed by atoms with Crippen molar-refractivity contribution in [1.82, 2.24) is 0 Å². The van der Waals surface area contributed by atoms with Gasteiger partial charge >= 0.3 is 5.97 Å². The van der Waals surface area contributed by atoms with E-state index in [0.717, 1.165) is 38.7 Å². The molecule has 1 atom stereocenters. The number of carboxylic acids is 1. The van der Waals surface area contributed by atoms with Crippen LogP contribution in [0.5, 0.6) is 0 Å². The number of aliphatic carboxylic acids is 1. The van der Waals surface area contributed by atoms with E-state index in [0.29, 0.717) is 6.42 Å². The van der Waals surface area contributed by atoms with Gasteiger partial charge in [0.05, 0.1) is 22.4 Å². The van der Waals surface area contributed by atoms with Crippen molar-refractivity contribution in [3.8, 4) is 0 Å². The molecule has 28 heavy (non-hydrogen) atoms. The van der Waals surface area contributed by atoms with E-state index < -0.39 is 11.9 Å². The average molecular weight is 393 g/mol. The van der Waals surface area contributed by atoms with Crippen molar-refractivity contribution in [2.45, 2.75) is 19.3 Å². The molecule has 0 aliphatic rings. The second-order valence-corrected chi connectivity index (χ2v) is 6.64. The van der Waals surface area contributed by atoms with Gasteiger partial charge in [-0.2, -0.15) is 0 Å². The number of nitrogens with one attached hydrogen (secondary N) is 2. The van der Waals surface area contributed by atoms with E-state index in [-0.39, 0.29) is 12.4 Å². The minimum absolute atomic E-state index is 0. The molecule has 0 saturated heterocycles. The molecule has 0 spiro atoms. The zero-order valence-electron chi connectivity index (χ0n) is 15.4. The van der Waals surface area contributed by atoms with Crippen LogP contribution in [0.15, 0.2) is 72.8 Å². The molecule has 5 heteroatoms. The lowest BCUT2D eigenvalue weighted by atomic mass is 9.96. The fourth-order valence-electron chi connectivity index (χ4n) is 3.54. The summed E-state index contributed by atoms with van der Waals surface area (Å²) in [6, 6.07) is 24.1. The fourth-order valence-corrected chi connectivity index (χ4v) is 3.54. The Morgan fingerprint density at radius 1 is 0.929 bits per heavy atom. The highest BCUT2D eigenvalue weighted by Gasteiger charge is 2.18. The highest BCUT2D eigenvalue weighted by Crippen LogP contribution is 2.31. The third kappa shape index (κ3) is 3.64. The largest absolute Gasteiger partial charge is 1.00 e. The Morgan fingerprint density at radius 3 is 1.96 bits per heavy atom. The van der Waals surface area contributed by atoms with Gasteiger partial charge < -0.3 is 22.8 Å². The first-order valence-corrected chi connectivity index (χ1v) is 9.10. The van der Waals surface area contributed by atoms with E-state index in [1.54, 1.807) is 0 Å². The van der Waals surface area contributed by atoms with Gasteiger partial charge in [0.25, 0.3) is 0 Å². The maximum Gasteiger partial charge on any atom is 0.310 e. The molecule has 0 radical (unpaired) electrons. The van der Waals surface area contributed by atoms with Gasteiger partial charge in [0.15, 0.2) is 0 Å². The van der Waals surface area contributed by atoms with E-state index in [2.05, 4.69) is 34.6 Å². The number of pyridine rings is 1. The quantitative estimate of drug-likeness (QED) is 0.511. The van der Waals surface area contributed by atoms with Crippen LogP contribution in [-0.4, -0.2) is 11.1 Å². The molecule has 4 aromatic rings. The monoisotopic (exact) mass is 392 g/mol. The molecule has 4 rings (SSSR count). The number of hydrogen-bond donors (Lipinski definition) is 2. The number of anilines is 2. The molecular formula is C23H21ClN2O2. The van der Waals surface area contributed by atoms with E-state index in [1.807, 2.05) is 55.5 Å². The van der Waals surface area contributed by atoms with Crippen LogP contribution in [0.2, 0.25) is 0 Å². The Hall–Kier alpha value is -3.11. The summed E-state index contributed by atoms with van der Waals surface area (Å²) in [7, 11) is 0. The molecule has 0 aliphatic carbocycles. The summed E-state index contributed by atoms with van der Waals surface area (Å²) >= 11 is 0. The normalized spacial score (nSPS) is 11.8. The van der Waals surface area contributed by atoms with Crippen molar-refractivity contribution in [2.75, 3.05) is 5.32 Å². The second kappa shape index (κ2) is 8.28. The number of carboxylic acid groups (broad SMARTS) is 1. The Bertz CT molecular complexity index is 1070. The van der Waals surface area contributed by atoms with Crippen LogP contribution in [-0.2, 0) is 4.79 Å². The van der Waals surface area contributed by atoms with Gasteiger partial charge in [-0.3, -0.25) is 4.79 Å². The summed E-state index contributed by atoms with van der Waals surface area (Å²) in [5.41, 5.74) is 4.92. The summed E-state index contributed by atoms with van der Waals surface area (Å²) < 4.78 is 0. The minimum Gasteiger partial charge on any atom is -1.00 e. The molecule has 4 nitrogen and oxygen atoms in total. The van der Waals surface area contributed by atoms with Crippen LogP contribution in [0, 0.1) is 0 Å². The molecule has 3 aromatic carbocycles. The summed E-state index contributed by atoms with van der Waals surface area (Å²) in [5.74, 6) is -1.25. The van der Waals surface area contributed by atoms with E-state index in [9.17, 15) is 9.90 Å². The summed E-state index contributed by atoms with van der Waals surface area (Å²) in [6.45, 7) is 1.89. The van der Waals surface area contributed by atoms with Crippen molar-refractivity contribution in [3.63, 3.8) is 0 Å². The van der Waals surface area contributed by atoms with Gasteiger partial charge in [-0.25, -0.2) is 4.98 Å². The van der Waals surface area contributed by atoms with Crippen LogP contribution >= 0.6 is 0 Å². The lowest BCUT2D eigenvalue weighted by Gasteiger charge is -2.13. The molecule has 0 amide bonds. The van der Waals surface area contributed by atoms with Crippen LogP contribution in [0.4, 0.5) is 11.4 Å². The van der Waals surface area contributed by atoms with Crippen LogP contribution in [0.3, 0.4) is 0 Å². The molecule has 1 aromatic heterocycles. The highest BCUT2D eigenvalue weighted by molar-refractivity contribution is 6.05. The zero-order chi connectivity index (χ0) is 18.8. The number of H-pyrrole nitrogens is 1. The maximum atomic E-state index is 11.4. The van der Waals surface area contributed by atoms with E-state index >= 15 is 0 Å². The number of rotatable bonds is 5. The van der Waals surface area contributed by atoms with Gasteiger partial charge in [0.2, 0.25) is 11.0 Å². The molecule has 0 aliphatic heterocycles. The summed E-state index contributed by atoms with van der Waals surface area (Å²) in [6.07, 6.45) is 0.575. The first-order chi connectivity index (χ1) is 13.2. The highest BCUT2D eigenvalue weighted by atomic mass is 35.5. The molecule has 0 bridgehead atoms. The lowest BCUT2D eigenvalue weighted by Crippen LogP contribution is -3.00. The second-order valence-electron chi connectivity index (χ2n) is 6.64. The van der Waals surface area contributed by atoms with Crippen molar-refractivity contribution in [1.29, 1.82) is 0 Å². The standard InChI is InChI=1S/C23H20N2O2.ClH/c1-2-17(23(26)27)15-11-13-16(14-12-15)24-22-18-7-3-5-9-20(18)25-21-10-6-4-8-19(21)22;/h3-14,17H,2H2,1H3,(H,24,25)(H,26,27);1H. The maximum absolute atomic E-state index is 11.4. The number of benzene rings is 3. The number of fused-ring (bicyclic) bond motifs is 2. The smallest absolute Gasteiger partial charge is 0.310 e. The third-order valence-electron chi connectivity index (χ3n) is 4.95. The fraction of sp³-hybridized carbons (Fsp3) is 0.130. The predicted octanol–water partition coefficient (Wildman–Crippen LogP) is 2.13. The van der Waals surface area contributed by atoms with Gasteiger partial charge in [-0.05, 0) is 36.2 Å². The summed E-state index contributed by atoms with van der Waals surface area (Å²) in [4.78, 5) is 14.9. The van der Waals surface area contributed by atoms with Gasteiger partial charge in [0.1, 0.15) is 0 Å². The van der Waals surface area contributed by atoms with Gasteiger partial charge in [-0.15, -0.1) is 0 Å². The number of aromatic nitrogens is 1. The Balaban J connectivity index is 0.00000225. The Kier molecular flexibility index (Phi) is 5.81. The molecule has 1 unspecified atom stereocenters. The molecule has 0 saturated carbocycles. The molecule has 3 N–H and O–H groups in total.